The third-order valence-electron chi connectivity index (χ3n) is 5.81. The summed E-state index contributed by atoms with van der Waals surface area (Å²) in [5.41, 5.74) is -1.62. The van der Waals surface area contributed by atoms with Gasteiger partial charge in [-0.05, 0) is 25.8 Å². The average molecular weight is 462 g/mol. The quantitative estimate of drug-likeness (QED) is 0.671. The second kappa shape index (κ2) is 9.18. The standard InChI is InChI=1S/C22H24F2N4O5/c1-2-27-12-26(10-15-4-3-7-33-15)22(32)18-20(30)19(29)16(11-28(18)27)21(31)25-9-13-5-6-14(23)8-17(13)24/h5-6,8,11,15,30H,2-4,7,9-10,12H2,1H3,(H,25,31). The van der Waals surface area contributed by atoms with E-state index in [1.807, 2.05) is 6.92 Å². The normalized spacial score (nSPS) is 17.9. The van der Waals surface area contributed by atoms with E-state index in [4.69, 9.17) is 4.74 Å². The number of carbonyl (C=O) groups excluding carboxylic acids is 2. The average Bonchev–Trinajstić information content (AvgIpc) is 3.30. The Morgan fingerprint density at radius 3 is 2.76 bits per heavy atom. The lowest BCUT2D eigenvalue weighted by molar-refractivity contribution is 0.0459. The molecule has 0 bridgehead atoms. The van der Waals surface area contributed by atoms with Gasteiger partial charge in [-0.2, -0.15) is 0 Å². The zero-order valence-corrected chi connectivity index (χ0v) is 18.0. The highest BCUT2D eigenvalue weighted by Gasteiger charge is 2.35. The van der Waals surface area contributed by atoms with Gasteiger partial charge in [0.05, 0.1) is 6.10 Å². The number of nitrogens with zero attached hydrogens (tertiary/aromatic N) is 3. The Labute approximate surface area is 188 Å². The lowest BCUT2D eigenvalue weighted by Crippen LogP contribution is -2.55. The van der Waals surface area contributed by atoms with Crippen molar-refractivity contribution in [3.05, 3.63) is 63.1 Å². The maximum absolute atomic E-state index is 13.8. The second-order valence-corrected chi connectivity index (χ2v) is 7.96. The molecule has 0 saturated carbocycles. The number of hydrogen-bond acceptors (Lipinski definition) is 6. The van der Waals surface area contributed by atoms with Crippen LogP contribution in [0.5, 0.6) is 5.75 Å². The molecule has 1 saturated heterocycles. The van der Waals surface area contributed by atoms with E-state index in [0.717, 1.165) is 18.9 Å². The third kappa shape index (κ3) is 4.40. The smallest absolute Gasteiger partial charge is 0.277 e. The number of aromatic nitrogens is 1. The van der Waals surface area contributed by atoms with Gasteiger partial charge in [0.25, 0.3) is 11.8 Å². The molecule has 2 aromatic rings. The van der Waals surface area contributed by atoms with Crippen LogP contribution in [0.1, 0.15) is 46.2 Å². The largest absolute Gasteiger partial charge is 0.502 e. The summed E-state index contributed by atoms with van der Waals surface area (Å²) in [4.78, 5) is 40.0. The molecular weight excluding hydrogens is 438 g/mol. The molecule has 0 aliphatic carbocycles. The van der Waals surface area contributed by atoms with E-state index in [9.17, 15) is 28.3 Å². The van der Waals surface area contributed by atoms with Gasteiger partial charge < -0.3 is 20.1 Å². The molecule has 9 nitrogen and oxygen atoms in total. The third-order valence-corrected chi connectivity index (χ3v) is 5.81. The molecule has 0 radical (unpaired) electrons. The van der Waals surface area contributed by atoms with Crippen LogP contribution in [0.25, 0.3) is 0 Å². The Kier molecular flexibility index (Phi) is 6.32. The van der Waals surface area contributed by atoms with E-state index in [0.29, 0.717) is 25.8 Å². The number of nitrogens with one attached hydrogen (secondary N) is 1. The summed E-state index contributed by atoms with van der Waals surface area (Å²) in [6.45, 7) is 3.10. The number of hydrogen-bond donors (Lipinski definition) is 2. The molecule has 2 N–H and O–H groups in total. The lowest BCUT2D eigenvalue weighted by atomic mass is 10.1. The summed E-state index contributed by atoms with van der Waals surface area (Å²) in [5.74, 6) is -3.83. The van der Waals surface area contributed by atoms with Crippen LogP contribution >= 0.6 is 0 Å². The molecule has 3 heterocycles. The zero-order valence-electron chi connectivity index (χ0n) is 18.0. The number of rotatable bonds is 6. The maximum Gasteiger partial charge on any atom is 0.277 e. The van der Waals surface area contributed by atoms with E-state index >= 15 is 0 Å². The van der Waals surface area contributed by atoms with Crippen LogP contribution in [-0.2, 0) is 11.3 Å². The Hall–Kier alpha value is -3.47. The maximum atomic E-state index is 13.8. The van der Waals surface area contributed by atoms with Crippen molar-refractivity contribution in [3.63, 3.8) is 0 Å². The van der Waals surface area contributed by atoms with Gasteiger partial charge in [-0.3, -0.25) is 24.1 Å². The highest BCUT2D eigenvalue weighted by Crippen LogP contribution is 2.23. The van der Waals surface area contributed by atoms with Crippen molar-refractivity contribution in [2.24, 2.45) is 0 Å². The molecule has 11 heteroatoms. The van der Waals surface area contributed by atoms with Crippen LogP contribution in [0.15, 0.2) is 29.2 Å². The van der Waals surface area contributed by atoms with Gasteiger partial charge in [0.15, 0.2) is 11.4 Å². The van der Waals surface area contributed by atoms with Crippen molar-refractivity contribution in [1.82, 2.24) is 14.9 Å². The summed E-state index contributed by atoms with van der Waals surface area (Å²) in [5, 5.41) is 14.7. The van der Waals surface area contributed by atoms with Gasteiger partial charge in [0.1, 0.15) is 23.9 Å². The fourth-order valence-corrected chi connectivity index (χ4v) is 4.02. The zero-order chi connectivity index (χ0) is 23.7. The summed E-state index contributed by atoms with van der Waals surface area (Å²) in [6.07, 6.45) is 2.82. The number of fused-ring (bicyclic) bond motifs is 1. The number of halogens is 2. The Balaban J connectivity index is 1.60. The van der Waals surface area contributed by atoms with E-state index < -0.39 is 40.2 Å². The number of ether oxygens (including phenoxy) is 1. The minimum absolute atomic E-state index is 0.0298. The summed E-state index contributed by atoms with van der Waals surface area (Å²) in [7, 11) is 0. The molecular formula is C22H24F2N4O5. The first-order chi connectivity index (χ1) is 15.8. The number of amides is 2. The summed E-state index contributed by atoms with van der Waals surface area (Å²) in [6, 6.07) is 2.92. The van der Waals surface area contributed by atoms with Crippen LogP contribution in [-0.4, -0.2) is 59.0 Å². The van der Waals surface area contributed by atoms with Gasteiger partial charge in [-0.25, -0.2) is 8.78 Å². The number of aromatic hydroxyl groups is 1. The van der Waals surface area contributed by atoms with Crippen molar-refractivity contribution in [2.45, 2.75) is 32.4 Å². The lowest BCUT2D eigenvalue weighted by Gasteiger charge is -2.40. The van der Waals surface area contributed by atoms with Gasteiger partial charge in [0.2, 0.25) is 5.43 Å². The SMILES string of the molecule is CCN1CN(CC2CCCO2)C(=O)c2c(O)c(=O)c(C(=O)NCc3ccc(F)cc3F)cn21. The molecule has 1 unspecified atom stereocenters. The van der Waals surface area contributed by atoms with Gasteiger partial charge in [-0.15, -0.1) is 0 Å². The molecule has 33 heavy (non-hydrogen) atoms. The number of benzene rings is 1. The molecule has 1 atom stereocenters. The molecule has 1 aromatic carbocycles. The first-order valence-corrected chi connectivity index (χ1v) is 10.7. The van der Waals surface area contributed by atoms with Crippen molar-refractivity contribution in [2.75, 3.05) is 31.4 Å². The molecule has 2 aliphatic rings. The number of carbonyl (C=O) groups is 2. The minimum atomic E-state index is -1.01. The second-order valence-electron chi connectivity index (χ2n) is 7.96. The van der Waals surface area contributed by atoms with Crippen LogP contribution in [0.4, 0.5) is 8.78 Å². The Bertz CT molecular complexity index is 1150. The van der Waals surface area contributed by atoms with Gasteiger partial charge >= 0.3 is 0 Å². The highest BCUT2D eigenvalue weighted by atomic mass is 19.1. The van der Waals surface area contributed by atoms with E-state index in [1.165, 1.54) is 21.8 Å². The van der Waals surface area contributed by atoms with Crippen molar-refractivity contribution in [1.29, 1.82) is 0 Å². The predicted octanol–water partition coefficient (Wildman–Crippen LogP) is 1.31. The highest BCUT2D eigenvalue weighted by molar-refractivity contribution is 5.99. The van der Waals surface area contributed by atoms with E-state index in [-0.39, 0.29) is 30.6 Å². The molecule has 2 aliphatic heterocycles. The fourth-order valence-electron chi connectivity index (χ4n) is 4.02. The van der Waals surface area contributed by atoms with E-state index in [1.54, 1.807) is 5.01 Å². The molecule has 176 valence electrons. The van der Waals surface area contributed by atoms with Crippen molar-refractivity contribution in [3.8, 4) is 5.75 Å². The summed E-state index contributed by atoms with van der Waals surface area (Å²) < 4.78 is 33.8. The summed E-state index contributed by atoms with van der Waals surface area (Å²) >= 11 is 0. The van der Waals surface area contributed by atoms with Crippen molar-refractivity contribution >= 4 is 11.8 Å². The van der Waals surface area contributed by atoms with E-state index in [2.05, 4.69) is 5.32 Å². The minimum Gasteiger partial charge on any atom is -0.502 e. The first-order valence-electron chi connectivity index (χ1n) is 10.7. The van der Waals surface area contributed by atoms with Crippen LogP contribution in [0.3, 0.4) is 0 Å². The predicted molar refractivity (Wildman–Crippen MR) is 114 cm³/mol. The van der Waals surface area contributed by atoms with Gasteiger partial charge in [0, 0.05) is 44.1 Å². The molecule has 2 amide bonds. The molecule has 1 fully saturated rings. The topological polar surface area (TPSA) is 104 Å². The van der Waals surface area contributed by atoms with Crippen molar-refractivity contribution < 1.29 is 28.2 Å². The molecule has 0 spiro atoms. The Morgan fingerprint density at radius 2 is 2.09 bits per heavy atom. The fraction of sp³-hybridized carbons (Fsp3) is 0.409. The molecule has 1 aromatic heterocycles. The number of pyridine rings is 1. The van der Waals surface area contributed by atoms with Crippen LogP contribution < -0.4 is 15.8 Å². The monoisotopic (exact) mass is 462 g/mol. The van der Waals surface area contributed by atoms with Crippen LogP contribution in [0, 0.1) is 11.6 Å². The Morgan fingerprint density at radius 1 is 1.30 bits per heavy atom. The first kappa shape index (κ1) is 22.7. The van der Waals surface area contributed by atoms with Gasteiger partial charge in [-0.1, -0.05) is 6.07 Å². The molecule has 4 rings (SSSR count). The van der Waals surface area contributed by atoms with Crippen LogP contribution in [0.2, 0.25) is 0 Å².